The van der Waals surface area contributed by atoms with Crippen molar-refractivity contribution in [3.05, 3.63) is 58.6 Å². The Bertz CT molecular complexity index is 687. The topological polar surface area (TPSA) is 58.4 Å². The molecule has 1 atom stereocenters. The van der Waals surface area contributed by atoms with E-state index in [0.717, 1.165) is 24.0 Å². The van der Waals surface area contributed by atoms with Gasteiger partial charge >= 0.3 is 0 Å². The summed E-state index contributed by atoms with van der Waals surface area (Å²) in [6, 6.07) is 15.5. The first kappa shape index (κ1) is 15.9. The van der Waals surface area contributed by atoms with E-state index in [2.05, 4.69) is 50.4 Å². The zero-order chi connectivity index (χ0) is 16.2. The molecule has 2 aromatic carbocycles. The second kappa shape index (κ2) is 7.04. The van der Waals surface area contributed by atoms with Gasteiger partial charge in [-0.3, -0.25) is 4.79 Å². The lowest BCUT2D eigenvalue weighted by molar-refractivity contribution is 0.0949. The number of nitrogens with two attached hydrogens (primary N) is 1. The molecule has 1 amide bonds. The first-order valence-electron chi connectivity index (χ1n) is 7.76. The smallest absolute Gasteiger partial charge is 0.253 e. The van der Waals surface area contributed by atoms with E-state index in [9.17, 15) is 4.79 Å². The highest BCUT2D eigenvalue weighted by atomic mass is 79.9. The van der Waals surface area contributed by atoms with E-state index in [1.165, 1.54) is 5.69 Å². The van der Waals surface area contributed by atoms with Crippen molar-refractivity contribution in [3.8, 4) is 0 Å². The first-order chi connectivity index (χ1) is 11.1. The first-order valence-corrected chi connectivity index (χ1v) is 8.56. The average Bonchev–Trinajstić information content (AvgIpc) is 3.03. The number of carbonyl (C=O) groups excluding carboxylic acids is 1. The molecule has 0 radical (unpaired) electrons. The van der Waals surface area contributed by atoms with Gasteiger partial charge in [-0.05, 0) is 48.7 Å². The number of benzene rings is 2. The molecule has 23 heavy (non-hydrogen) atoms. The van der Waals surface area contributed by atoms with Gasteiger partial charge < -0.3 is 16.0 Å². The maximum absolute atomic E-state index is 12.2. The van der Waals surface area contributed by atoms with Crippen LogP contribution in [0.25, 0.3) is 0 Å². The molecule has 0 saturated carbocycles. The van der Waals surface area contributed by atoms with Crippen LogP contribution in [-0.4, -0.2) is 25.5 Å². The predicted octanol–water partition coefficient (Wildman–Crippen LogP) is 3.29. The molecule has 4 nitrogen and oxygen atoms in total. The van der Waals surface area contributed by atoms with Crippen molar-refractivity contribution in [2.75, 3.05) is 30.3 Å². The molecule has 1 heterocycles. The summed E-state index contributed by atoms with van der Waals surface area (Å²) in [5.74, 6) is 0.373. The third-order valence-electron chi connectivity index (χ3n) is 4.23. The molecule has 0 spiro atoms. The summed E-state index contributed by atoms with van der Waals surface area (Å²) in [7, 11) is 0. The number of anilines is 2. The highest BCUT2D eigenvalue weighted by Gasteiger charge is 2.23. The van der Waals surface area contributed by atoms with Crippen LogP contribution in [0, 0.1) is 5.92 Å². The van der Waals surface area contributed by atoms with Gasteiger partial charge in [0.2, 0.25) is 0 Å². The van der Waals surface area contributed by atoms with Gasteiger partial charge in [0.05, 0.1) is 5.56 Å². The third kappa shape index (κ3) is 3.85. The second-order valence-corrected chi connectivity index (χ2v) is 6.79. The van der Waals surface area contributed by atoms with Crippen molar-refractivity contribution in [1.29, 1.82) is 0 Å². The fourth-order valence-electron chi connectivity index (χ4n) is 2.92. The Kier molecular flexibility index (Phi) is 4.86. The van der Waals surface area contributed by atoms with Crippen molar-refractivity contribution in [1.82, 2.24) is 5.32 Å². The Morgan fingerprint density at radius 1 is 1.22 bits per heavy atom. The quantitative estimate of drug-likeness (QED) is 0.808. The Labute approximate surface area is 144 Å². The number of nitrogens with zero attached hydrogens (tertiary/aromatic N) is 1. The monoisotopic (exact) mass is 373 g/mol. The molecule has 1 aliphatic heterocycles. The number of amides is 1. The van der Waals surface area contributed by atoms with Crippen LogP contribution in [0.1, 0.15) is 16.8 Å². The van der Waals surface area contributed by atoms with Gasteiger partial charge in [-0.2, -0.15) is 0 Å². The van der Waals surface area contributed by atoms with Gasteiger partial charge in [0, 0.05) is 35.5 Å². The van der Waals surface area contributed by atoms with Crippen molar-refractivity contribution in [2.45, 2.75) is 6.42 Å². The fourth-order valence-corrected chi connectivity index (χ4v) is 3.19. The van der Waals surface area contributed by atoms with Crippen molar-refractivity contribution in [2.24, 2.45) is 5.92 Å². The number of nitrogens with one attached hydrogen (secondary N) is 1. The average molecular weight is 374 g/mol. The Morgan fingerprint density at radius 2 is 1.96 bits per heavy atom. The minimum atomic E-state index is -0.0924. The van der Waals surface area contributed by atoms with E-state index in [1.807, 2.05) is 12.1 Å². The minimum absolute atomic E-state index is 0.0924. The highest BCUT2D eigenvalue weighted by molar-refractivity contribution is 9.10. The van der Waals surface area contributed by atoms with Gasteiger partial charge in [-0.1, -0.05) is 28.1 Å². The number of halogens is 1. The van der Waals surface area contributed by atoms with Crippen LogP contribution in [-0.2, 0) is 0 Å². The zero-order valence-corrected chi connectivity index (χ0v) is 14.4. The number of carbonyl (C=O) groups is 1. The molecular weight excluding hydrogens is 354 g/mol. The molecule has 1 fully saturated rings. The van der Waals surface area contributed by atoms with E-state index >= 15 is 0 Å². The van der Waals surface area contributed by atoms with Crippen LogP contribution < -0.4 is 16.0 Å². The van der Waals surface area contributed by atoms with Crippen molar-refractivity contribution < 1.29 is 4.79 Å². The third-order valence-corrected chi connectivity index (χ3v) is 4.76. The normalized spacial score (nSPS) is 17.3. The molecule has 2 aromatic rings. The minimum Gasteiger partial charge on any atom is -0.398 e. The Hall–Kier alpha value is -2.01. The maximum atomic E-state index is 12.2. The van der Waals surface area contributed by atoms with Crippen LogP contribution in [0.5, 0.6) is 0 Å². The molecule has 1 unspecified atom stereocenters. The van der Waals surface area contributed by atoms with Crippen molar-refractivity contribution >= 4 is 33.2 Å². The van der Waals surface area contributed by atoms with Gasteiger partial charge in [-0.15, -0.1) is 0 Å². The van der Waals surface area contributed by atoms with Crippen LogP contribution in [0.15, 0.2) is 53.0 Å². The molecule has 0 bridgehead atoms. The molecule has 5 heteroatoms. The van der Waals surface area contributed by atoms with E-state index in [1.54, 1.807) is 12.1 Å². The summed E-state index contributed by atoms with van der Waals surface area (Å²) >= 11 is 3.46. The Balaban J connectivity index is 1.53. The number of nitrogen functional groups attached to an aromatic ring is 1. The lowest BCUT2D eigenvalue weighted by Crippen LogP contribution is -2.31. The van der Waals surface area contributed by atoms with Gasteiger partial charge in [0.25, 0.3) is 5.91 Å². The molecule has 3 rings (SSSR count). The van der Waals surface area contributed by atoms with Gasteiger partial charge in [-0.25, -0.2) is 0 Å². The number of para-hydroxylation sites is 1. The lowest BCUT2D eigenvalue weighted by atomic mass is 10.1. The second-order valence-electron chi connectivity index (χ2n) is 5.87. The number of hydrogen-bond acceptors (Lipinski definition) is 3. The summed E-state index contributed by atoms with van der Waals surface area (Å²) < 4.78 is 1.09. The lowest BCUT2D eigenvalue weighted by Gasteiger charge is -2.19. The SMILES string of the molecule is Nc1ccccc1C(=O)NCC1CCN(c2ccc(Br)cc2)C1. The largest absolute Gasteiger partial charge is 0.398 e. The number of rotatable bonds is 4. The van der Waals surface area contributed by atoms with Gasteiger partial charge in [0.15, 0.2) is 0 Å². The number of hydrogen-bond donors (Lipinski definition) is 2. The fraction of sp³-hybridized carbons (Fsp3) is 0.278. The van der Waals surface area contributed by atoms with Crippen LogP contribution in [0.2, 0.25) is 0 Å². The summed E-state index contributed by atoms with van der Waals surface area (Å²) in [4.78, 5) is 14.6. The summed E-state index contributed by atoms with van der Waals surface area (Å²) in [5, 5.41) is 3.01. The molecule has 3 N–H and O–H groups in total. The van der Waals surface area contributed by atoms with E-state index < -0.39 is 0 Å². The van der Waals surface area contributed by atoms with Crippen LogP contribution in [0.4, 0.5) is 11.4 Å². The summed E-state index contributed by atoms with van der Waals surface area (Å²) in [5.41, 5.74) is 8.15. The van der Waals surface area contributed by atoms with E-state index in [4.69, 9.17) is 5.73 Å². The standard InChI is InChI=1S/C18H20BrN3O/c19-14-5-7-15(8-6-14)22-10-9-13(12-22)11-21-18(23)16-3-1-2-4-17(16)20/h1-8,13H,9-12,20H2,(H,21,23). The molecule has 1 aliphatic rings. The zero-order valence-electron chi connectivity index (χ0n) is 12.8. The summed E-state index contributed by atoms with van der Waals surface area (Å²) in [6.07, 6.45) is 1.08. The Morgan fingerprint density at radius 3 is 2.70 bits per heavy atom. The van der Waals surface area contributed by atoms with Crippen LogP contribution >= 0.6 is 15.9 Å². The molecular formula is C18H20BrN3O. The highest BCUT2D eigenvalue weighted by Crippen LogP contribution is 2.25. The molecule has 0 aliphatic carbocycles. The predicted molar refractivity (Wildman–Crippen MR) is 97.6 cm³/mol. The van der Waals surface area contributed by atoms with Crippen molar-refractivity contribution in [3.63, 3.8) is 0 Å². The van der Waals surface area contributed by atoms with E-state index in [0.29, 0.717) is 23.7 Å². The molecule has 120 valence electrons. The van der Waals surface area contributed by atoms with E-state index in [-0.39, 0.29) is 5.91 Å². The van der Waals surface area contributed by atoms with Crippen LogP contribution in [0.3, 0.4) is 0 Å². The van der Waals surface area contributed by atoms with Gasteiger partial charge in [0.1, 0.15) is 0 Å². The molecule has 0 aromatic heterocycles. The molecule has 1 saturated heterocycles. The maximum Gasteiger partial charge on any atom is 0.253 e. The summed E-state index contributed by atoms with van der Waals surface area (Å²) in [6.45, 7) is 2.67.